The highest BCUT2D eigenvalue weighted by molar-refractivity contribution is 8.76. The van der Waals surface area contributed by atoms with Crippen molar-refractivity contribution in [3.8, 4) is 0 Å². The summed E-state index contributed by atoms with van der Waals surface area (Å²) in [4.78, 5) is 20.6. The lowest BCUT2D eigenvalue weighted by atomic mass is 10.2. The predicted molar refractivity (Wildman–Crippen MR) is 65.0 cm³/mol. The van der Waals surface area contributed by atoms with E-state index in [-0.39, 0.29) is 0 Å². The molecule has 0 radical (unpaired) electrons. The largest absolute Gasteiger partial charge is 0.480 e. The monoisotopic (exact) mass is 251 g/mol. The lowest BCUT2D eigenvalue weighted by molar-refractivity contribution is -0.137. The fourth-order valence-electron chi connectivity index (χ4n) is 0.854. The third-order valence-corrected chi connectivity index (χ3v) is 4.94. The lowest BCUT2D eigenvalue weighted by Gasteiger charge is -2.12. The first kappa shape index (κ1) is 14.8. The molecule has 0 saturated heterocycles. The summed E-state index contributed by atoms with van der Waals surface area (Å²) in [5.74, 6) is -0.568. The maximum Gasteiger partial charge on any atom is 0.321 e. The molecule has 88 valence electrons. The van der Waals surface area contributed by atoms with Gasteiger partial charge >= 0.3 is 5.97 Å². The van der Waals surface area contributed by atoms with E-state index in [2.05, 4.69) is 6.92 Å². The summed E-state index contributed by atoms with van der Waals surface area (Å²) < 4.78 is 0. The van der Waals surface area contributed by atoms with Gasteiger partial charge in [0.05, 0.1) is 0 Å². The summed E-state index contributed by atoms with van der Waals surface area (Å²) in [7, 11) is 3.09. The molecule has 1 unspecified atom stereocenters. The minimum Gasteiger partial charge on any atom is -0.480 e. The predicted octanol–water partition coefficient (Wildman–Crippen LogP) is 1.54. The average Bonchev–Trinajstić information content (AvgIpc) is 2.22. The van der Waals surface area contributed by atoms with Crippen molar-refractivity contribution in [2.75, 3.05) is 5.75 Å². The Hall–Kier alpha value is -0.200. The van der Waals surface area contributed by atoms with Crippen LogP contribution >= 0.6 is 21.6 Å². The molecule has 15 heavy (non-hydrogen) atoms. The molecule has 0 rings (SSSR count). The van der Waals surface area contributed by atoms with E-state index >= 15 is 0 Å². The normalized spacial score (nSPS) is 14.5. The van der Waals surface area contributed by atoms with E-state index in [0.717, 1.165) is 19.1 Å². The highest BCUT2D eigenvalue weighted by Gasteiger charge is 2.13. The number of hydrogen-bond donors (Lipinski definition) is 2. The van der Waals surface area contributed by atoms with Gasteiger partial charge in [-0.25, -0.2) is 0 Å². The Morgan fingerprint density at radius 2 is 2.27 bits per heavy atom. The van der Waals surface area contributed by atoms with Crippen LogP contribution in [0.4, 0.5) is 0 Å². The molecule has 6 heteroatoms. The van der Waals surface area contributed by atoms with Crippen molar-refractivity contribution >= 4 is 33.8 Å². The van der Waals surface area contributed by atoms with Crippen LogP contribution < -0.4 is 5.73 Å². The van der Waals surface area contributed by atoms with Crippen molar-refractivity contribution in [2.45, 2.75) is 37.5 Å². The number of carbonyl (C=O) groups is 2. The molecule has 0 saturated carbocycles. The topological polar surface area (TPSA) is 80.4 Å². The smallest absolute Gasteiger partial charge is 0.321 e. The van der Waals surface area contributed by atoms with E-state index in [1.165, 1.54) is 10.8 Å². The second-order valence-corrected chi connectivity index (χ2v) is 5.81. The van der Waals surface area contributed by atoms with Gasteiger partial charge in [-0.1, -0.05) is 28.5 Å². The average molecular weight is 251 g/mol. The Labute approximate surface area is 97.8 Å². The van der Waals surface area contributed by atoms with Gasteiger partial charge in [0.15, 0.2) is 0 Å². The van der Waals surface area contributed by atoms with Gasteiger partial charge in [-0.15, -0.1) is 0 Å². The molecule has 0 spiro atoms. The zero-order chi connectivity index (χ0) is 11.7. The van der Waals surface area contributed by atoms with Crippen molar-refractivity contribution in [1.29, 1.82) is 0 Å². The summed E-state index contributed by atoms with van der Waals surface area (Å²) in [6.07, 6.45) is 3.31. The number of carboxylic acid groups (broad SMARTS) is 1. The van der Waals surface area contributed by atoms with Gasteiger partial charge in [0.2, 0.25) is 0 Å². The molecular weight excluding hydrogens is 234 g/mol. The number of aliphatic carboxylic acids is 1. The first-order valence-corrected chi connectivity index (χ1v) is 7.20. The van der Waals surface area contributed by atoms with Crippen LogP contribution in [0.1, 0.15) is 26.2 Å². The molecule has 4 nitrogen and oxygen atoms in total. The molecule has 0 amide bonds. The summed E-state index contributed by atoms with van der Waals surface area (Å²) in [5.41, 5.74) is 5.35. The van der Waals surface area contributed by atoms with E-state index in [9.17, 15) is 9.59 Å². The summed E-state index contributed by atoms with van der Waals surface area (Å²) in [6, 6.07) is -0.800. The Kier molecular flexibility index (Phi) is 8.94. The SMILES string of the molecule is CCC(CCC=O)SSC[C@H](N)C(=O)O. The summed E-state index contributed by atoms with van der Waals surface area (Å²) in [5, 5.41) is 8.96. The molecule has 0 bridgehead atoms. The Bertz CT molecular complexity index is 202. The number of hydrogen-bond acceptors (Lipinski definition) is 5. The second-order valence-electron chi connectivity index (χ2n) is 3.10. The first-order valence-electron chi connectivity index (χ1n) is 4.82. The zero-order valence-corrected chi connectivity index (χ0v) is 10.4. The third-order valence-electron chi connectivity index (χ3n) is 1.83. The standard InChI is InChI=1S/C9H17NO3S2/c1-2-7(4-3-5-11)15-14-6-8(10)9(12)13/h5,7-8H,2-4,6,10H2,1H3,(H,12,13)/t7?,8-/m0/s1. The van der Waals surface area contributed by atoms with Crippen LogP contribution in [-0.4, -0.2) is 34.4 Å². The fraction of sp³-hybridized carbons (Fsp3) is 0.778. The van der Waals surface area contributed by atoms with Gasteiger partial charge < -0.3 is 15.6 Å². The van der Waals surface area contributed by atoms with Crippen LogP contribution in [0.3, 0.4) is 0 Å². The molecule has 0 heterocycles. The molecular formula is C9H17NO3S2. The van der Waals surface area contributed by atoms with Crippen molar-refractivity contribution in [3.63, 3.8) is 0 Å². The Morgan fingerprint density at radius 1 is 1.60 bits per heavy atom. The second kappa shape index (κ2) is 9.06. The first-order chi connectivity index (χ1) is 7.11. The molecule has 0 fully saturated rings. The molecule has 2 atom stereocenters. The number of rotatable bonds is 9. The van der Waals surface area contributed by atoms with Gasteiger partial charge in [0.25, 0.3) is 0 Å². The lowest BCUT2D eigenvalue weighted by Crippen LogP contribution is -2.32. The van der Waals surface area contributed by atoms with E-state index in [1.807, 2.05) is 0 Å². The third kappa shape index (κ3) is 7.70. The molecule has 3 N–H and O–H groups in total. The molecule has 0 aromatic rings. The summed E-state index contributed by atoms with van der Waals surface area (Å²) >= 11 is 0. The molecule has 0 aromatic carbocycles. The Balaban J connectivity index is 3.62. The summed E-state index contributed by atoms with van der Waals surface area (Å²) in [6.45, 7) is 2.06. The van der Waals surface area contributed by atoms with E-state index in [0.29, 0.717) is 17.4 Å². The van der Waals surface area contributed by atoms with Gasteiger partial charge in [-0.2, -0.15) is 0 Å². The number of carboxylic acids is 1. The van der Waals surface area contributed by atoms with Gasteiger partial charge in [-0.3, -0.25) is 4.79 Å². The zero-order valence-electron chi connectivity index (χ0n) is 8.72. The quantitative estimate of drug-likeness (QED) is 0.478. The molecule has 0 aliphatic heterocycles. The highest BCUT2D eigenvalue weighted by Crippen LogP contribution is 2.31. The fourth-order valence-corrected chi connectivity index (χ4v) is 3.73. The number of aldehydes is 1. The molecule has 0 aromatic heterocycles. The van der Waals surface area contributed by atoms with Crippen LogP contribution in [0.15, 0.2) is 0 Å². The van der Waals surface area contributed by atoms with Crippen molar-refractivity contribution in [3.05, 3.63) is 0 Å². The maximum atomic E-state index is 10.4. The van der Waals surface area contributed by atoms with Crippen LogP contribution in [0.25, 0.3) is 0 Å². The Morgan fingerprint density at radius 3 is 2.73 bits per heavy atom. The van der Waals surface area contributed by atoms with Crippen LogP contribution in [0.5, 0.6) is 0 Å². The van der Waals surface area contributed by atoms with Crippen molar-refractivity contribution in [1.82, 2.24) is 0 Å². The minimum absolute atomic E-state index is 0.400. The van der Waals surface area contributed by atoms with E-state index in [1.54, 1.807) is 10.8 Å². The maximum absolute atomic E-state index is 10.4. The number of carbonyl (C=O) groups excluding carboxylic acids is 1. The molecule has 0 aliphatic carbocycles. The van der Waals surface area contributed by atoms with Crippen LogP contribution in [-0.2, 0) is 9.59 Å². The highest BCUT2D eigenvalue weighted by atomic mass is 33.1. The minimum atomic E-state index is -0.968. The van der Waals surface area contributed by atoms with Crippen molar-refractivity contribution in [2.24, 2.45) is 5.73 Å². The number of nitrogens with two attached hydrogens (primary N) is 1. The van der Waals surface area contributed by atoms with Gasteiger partial charge in [-0.05, 0) is 12.8 Å². The van der Waals surface area contributed by atoms with E-state index < -0.39 is 12.0 Å². The van der Waals surface area contributed by atoms with Gasteiger partial charge in [0.1, 0.15) is 12.3 Å². The van der Waals surface area contributed by atoms with Crippen molar-refractivity contribution < 1.29 is 14.7 Å². The van der Waals surface area contributed by atoms with Crippen LogP contribution in [0, 0.1) is 0 Å². The van der Waals surface area contributed by atoms with Crippen LogP contribution in [0.2, 0.25) is 0 Å². The molecule has 0 aliphatic rings. The van der Waals surface area contributed by atoms with E-state index in [4.69, 9.17) is 10.8 Å². The van der Waals surface area contributed by atoms with Gasteiger partial charge in [0, 0.05) is 17.4 Å².